The molecule has 0 aliphatic heterocycles. The molecule has 0 aliphatic rings. The van der Waals surface area contributed by atoms with Gasteiger partial charge in [-0.2, -0.15) is 0 Å². The van der Waals surface area contributed by atoms with E-state index in [1.54, 1.807) is 0 Å². The van der Waals surface area contributed by atoms with Crippen LogP contribution in [0.2, 0.25) is 5.54 Å². The molecule has 2 N–H and O–H groups in total. The molecule has 0 aromatic rings. The van der Waals surface area contributed by atoms with Crippen LogP contribution >= 0.6 is 0 Å². The summed E-state index contributed by atoms with van der Waals surface area (Å²) >= 11 is 0. The zero-order chi connectivity index (χ0) is 10.8. The normalized spacial score (nSPS) is 13.5. The summed E-state index contributed by atoms with van der Waals surface area (Å²) in [5.74, 6) is 0. The van der Waals surface area contributed by atoms with Crippen LogP contribution in [0.15, 0.2) is 0 Å². The largest absolute Gasteiger partial charge is 0.393 e. The van der Waals surface area contributed by atoms with Crippen molar-refractivity contribution in [2.24, 2.45) is 5.73 Å². The van der Waals surface area contributed by atoms with E-state index in [9.17, 15) is 0 Å². The number of nitrogens with two attached hydrogens (primary N) is 1. The lowest BCUT2D eigenvalue weighted by Crippen LogP contribution is -2.27. The topological polar surface area (TPSA) is 44.5 Å². The van der Waals surface area contributed by atoms with Gasteiger partial charge in [0, 0.05) is 18.8 Å². The lowest BCUT2D eigenvalue weighted by atomic mass is 10.2. The Hall–Kier alpha value is 0.0969. The lowest BCUT2D eigenvalue weighted by Gasteiger charge is -2.19. The summed E-state index contributed by atoms with van der Waals surface area (Å²) < 4.78 is 11.2. The van der Waals surface area contributed by atoms with Gasteiger partial charge in [-0.15, -0.1) is 0 Å². The van der Waals surface area contributed by atoms with Gasteiger partial charge in [-0.1, -0.05) is 13.3 Å². The van der Waals surface area contributed by atoms with E-state index < -0.39 is 9.28 Å². The summed E-state index contributed by atoms with van der Waals surface area (Å²) in [6.07, 6.45) is 3.47. The van der Waals surface area contributed by atoms with E-state index in [1.807, 2.05) is 13.8 Å². The van der Waals surface area contributed by atoms with Gasteiger partial charge in [0.15, 0.2) is 0 Å². The van der Waals surface area contributed by atoms with Crippen molar-refractivity contribution >= 4 is 9.28 Å². The smallest absolute Gasteiger partial charge is 0.387 e. The average Bonchev–Trinajstić information content (AvgIpc) is 2.18. The first-order valence-corrected chi connectivity index (χ1v) is 6.98. The second kappa shape index (κ2) is 9.64. The fraction of sp³-hybridized carbons (Fsp3) is 1.00. The van der Waals surface area contributed by atoms with Gasteiger partial charge in [0.2, 0.25) is 0 Å². The average molecular weight is 218 g/mol. The number of rotatable bonds is 9. The molecular weight excluding hydrogens is 194 g/mol. The molecule has 0 saturated carbocycles. The van der Waals surface area contributed by atoms with Crippen molar-refractivity contribution in [1.82, 2.24) is 0 Å². The molecule has 0 heterocycles. The van der Waals surface area contributed by atoms with E-state index in [0.717, 1.165) is 26.2 Å². The molecule has 14 heavy (non-hydrogen) atoms. The Bertz CT molecular complexity index is 119. The fourth-order valence-corrected chi connectivity index (χ4v) is 2.98. The van der Waals surface area contributed by atoms with Crippen molar-refractivity contribution in [3.8, 4) is 0 Å². The van der Waals surface area contributed by atoms with Gasteiger partial charge in [-0.05, 0) is 33.2 Å². The number of hydrogen-bond acceptors (Lipinski definition) is 3. The van der Waals surface area contributed by atoms with Gasteiger partial charge in [0.1, 0.15) is 0 Å². The second-order valence-electron chi connectivity index (χ2n) is 3.37. The first kappa shape index (κ1) is 14.1. The molecule has 0 bridgehead atoms. The summed E-state index contributed by atoms with van der Waals surface area (Å²) in [4.78, 5) is 0. The Labute approximate surface area is 89.8 Å². The van der Waals surface area contributed by atoms with E-state index in [2.05, 4.69) is 6.92 Å². The number of unbranched alkanes of at least 4 members (excludes halogenated alkanes) is 1. The van der Waals surface area contributed by atoms with Crippen LogP contribution in [-0.2, 0) is 8.85 Å². The monoisotopic (exact) mass is 218 g/mol. The lowest BCUT2D eigenvalue weighted by molar-refractivity contribution is 0.203. The quantitative estimate of drug-likeness (QED) is 0.476. The molecule has 0 amide bonds. The van der Waals surface area contributed by atoms with Crippen LogP contribution < -0.4 is 5.73 Å². The molecule has 1 radical (unpaired) electrons. The van der Waals surface area contributed by atoms with Crippen molar-refractivity contribution in [2.45, 2.75) is 45.6 Å². The SMILES string of the molecule is CCO[Si](OCC)C(C)CCCCN. The van der Waals surface area contributed by atoms with Crippen molar-refractivity contribution in [3.63, 3.8) is 0 Å². The van der Waals surface area contributed by atoms with Crippen LogP contribution in [0.4, 0.5) is 0 Å². The molecule has 0 fully saturated rings. The Morgan fingerprint density at radius 3 is 2.14 bits per heavy atom. The van der Waals surface area contributed by atoms with E-state index >= 15 is 0 Å². The van der Waals surface area contributed by atoms with Crippen LogP contribution in [0, 0.1) is 0 Å². The molecular formula is C10H24NO2Si. The Morgan fingerprint density at radius 2 is 1.71 bits per heavy atom. The molecule has 85 valence electrons. The van der Waals surface area contributed by atoms with E-state index in [4.69, 9.17) is 14.6 Å². The molecule has 1 atom stereocenters. The minimum Gasteiger partial charge on any atom is -0.393 e. The van der Waals surface area contributed by atoms with Crippen molar-refractivity contribution in [2.75, 3.05) is 19.8 Å². The van der Waals surface area contributed by atoms with E-state index in [0.29, 0.717) is 5.54 Å². The highest BCUT2D eigenvalue weighted by Crippen LogP contribution is 2.19. The highest BCUT2D eigenvalue weighted by atomic mass is 28.3. The van der Waals surface area contributed by atoms with Crippen LogP contribution in [-0.4, -0.2) is 29.0 Å². The first-order valence-electron chi connectivity index (χ1n) is 5.58. The summed E-state index contributed by atoms with van der Waals surface area (Å²) in [7, 11) is -1.05. The van der Waals surface area contributed by atoms with Crippen LogP contribution in [0.3, 0.4) is 0 Å². The molecule has 0 aliphatic carbocycles. The van der Waals surface area contributed by atoms with Gasteiger partial charge in [-0.3, -0.25) is 0 Å². The Kier molecular flexibility index (Phi) is 9.71. The second-order valence-corrected chi connectivity index (χ2v) is 5.57. The predicted molar refractivity (Wildman–Crippen MR) is 61.3 cm³/mol. The van der Waals surface area contributed by atoms with Gasteiger partial charge < -0.3 is 14.6 Å². The van der Waals surface area contributed by atoms with Crippen LogP contribution in [0.1, 0.15) is 40.0 Å². The Morgan fingerprint density at radius 1 is 1.14 bits per heavy atom. The maximum absolute atomic E-state index is 5.62. The molecule has 0 saturated heterocycles. The van der Waals surface area contributed by atoms with Crippen molar-refractivity contribution < 1.29 is 8.85 Å². The summed E-state index contributed by atoms with van der Waals surface area (Å²) in [6, 6.07) is 0. The Balaban J connectivity index is 3.69. The zero-order valence-corrected chi connectivity index (χ0v) is 10.7. The molecule has 0 spiro atoms. The van der Waals surface area contributed by atoms with Gasteiger partial charge >= 0.3 is 9.28 Å². The third-order valence-electron chi connectivity index (χ3n) is 2.07. The number of hydrogen-bond donors (Lipinski definition) is 1. The molecule has 3 nitrogen and oxygen atoms in total. The minimum absolute atomic E-state index is 0.562. The zero-order valence-electron chi connectivity index (χ0n) is 9.71. The molecule has 0 aromatic carbocycles. The summed E-state index contributed by atoms with van der Waals surface area (Å²) in [5.41, 5.74) is 6.02. The highest BCUT2D eigenvalue weighted by Gasteiger charge is 2.22. The van der Waals surface area contributed by atoms with Crippen molar-refractivity contribution in [1.29, 1.82) is 0 Å². The predicted octanol–water partition coefficient (Wildman–Crippen LogP) is 2.07. The van der Waals surface area contributed by atoms with Gasteiger partial charge in [0.25, 0.3) is 0 Å². The van der Waals surface area contributed by atoms with E-state index in [1.165, 1.54) is 12.8 Å². The first-order chi connectivity index (χ1) is 6.76. The van der Waals surface area contributed by atoms with Gasteiger partial charge in [0.05, 0.1) is 0 Å². The standard InChI is InChI=1S/C10H24NO2Si/c1-4-12-14(13-5-2)10(3)8-6-7-9-11/h10H,4-9,11H2,1-3H3. The highest BCUT2D eigenvalue weighted by molar-refractivity contribution is 6.46. The third kappa shape index (κ3) is 6.54. The molecule has 0 aromatic heterocycles. The van der Waals surface area contributed by atoms with Crippen LogP contribution in [0.25, 0.3) is 0 Å². The third-order valence-corrected chi connectivity index (χ3v) is 4.31. The summed E-state index contributed by atoms with van der Waals surface area (Å²) in [5, 5.41) is 0. The van der Waals surface area contributed by atoms with E-state index in [-0.39, 0.29) is 0 Å². The maximum atomic E-state index is 5.62. The maximum Gasteiger partial charge on any atom is 0.387 e. The fourth-order valence-electron chi connectivity index (χ4n) is 1.32. The minimum atomic E-state index is -1.05. The molecule has 4 heteroatoms. The molecule has 0 rings (SSSR count). The summed E-state index contributed by atoms with van der Waals surface area (Å²) in [6.45, 7) is 8.58. The molecule has 1 unspecified atom stereocenters. The van der Waals surface area contributed by atoms with Gasteiger partial charge in [-0.25, -0.2) is 0 Å². The van der Waals surface area contributed by atoms with Crippen molar-refractivity contribution in [3.05, 3.63) is 0 Å². The van der Waals surface area contributed by atoms with Crippen LogP contribution in [0.5, 0.6) is 0 Å².